The number of nitriles is 1. The molecule has 0 spiro atoms. The van der Waals surface area contributed by atoms with Crippen molar-refractivity contribution in [2.24, 2.45) is 11.1 Å². The van der Waals surface area contributed by atoms with Gasteiger partial charge in [-0.1, -0.05) is 66.2 Å². The molecule has 1 fully saturated rings. The number of aryl methyl sites for hydroxylation is 1. The molecule has 1 amide bonds. The molecule has 0 aliphatic carbocycles. The molecular formula is C27H22N4O2. The molecule has 2 aliphatic heterocycles. The number of nitrogens with zero attached hydrogens (tertiary/aromatic N) is 3. The lowest BCUT2D eigenvalue weighted by molar-refractivity contribution is -0.125. The molecule has 2 N–H and O–H groups in total. The number of anilines is 1. The van der Waals surface area contributed by atoms with Gasteiger partial charge in [-0.25, -0.2) is 0 Å². The maximum absolute atomic E-state index is 14.1. The molecule has 0 radical (unpaired) electrons. The average molecular weight is 434 g/mol. The SMILES string of the molecule is Cc1ccc(C(=O)[C@@H]2[C@H](c3cccnc3)[C@](C#N)(C(N)=O)[C@@H]3C=Cc4ccccc4N23)cc1. The Hall–Kier alpha value is -4.24. The number of aromatic nitrogens is 1. The third-order valence-electron chi connectivity index (χ3n) is 6.79. The van der Waals surface area contributed by atoms with E-state index in [1.165, 1.54) is 0 Å². The number of benzene rings is 2. The molecule has 1 aromatic heterocycles. The number of primary amides is 1. The van der Waals surface area contributed by atoms with Crippen LogP contribution in [0.5, 0.6) is 0 Å². The first-order chi connectivity index (χ1) is 16.0. The van der Waals surface area contributed by atoms with Gasteiger partial charge in [0.05, 0.1) is 12.1 Å². The zero-order chi connectivity index (χ0) is 23.2. The first-order valence-corrected chi connectivity index (χ1v) is 10.8. The minimum absolute atomic E-state index is 0.169. The van der Waals surface area contributed by atoms with E-state index in [-0.39, 0.29) is 5.78 Å². The maximum Gasteiger partial charge on any atom is 0.241 e. The largest absolute Gasteiger partial charge is 0.368 e. The van der Waals surface area contributed by atoms with E-state index in [9.17, 15) is 14.9 Å². The highest BCUT2D eigenvalue weighted by Crippen LogP contribution is 2.55. The Morgan fingerprint density at radius 3 is 2.52 bits per heavy atom. The number of ketones is 1. The topological polar surface area (TPSA) is 100 Å². The lowest BCUT2D eigenvalue weighted by Gasteiger charge is -2.36. The third-order valence-corrected chi connectivity index (χ3v) is 6.79. The van der Waals surface area contributed by atoms with Crippen molar-refractivity contribution in [2.75, 3.05) is 4.90 Å². The summed E-state index contributed by atoms with van der Waals surface area (Å²) in [5.74, 6) is -1.72. The van der Waals surface area contributed by atoms with E-state index < -0.39 is 29.3 Å². The fraction of sp³-hybridized carbons (Fsp3) is 0.185. The van der Waals surface area contributed by atoms with Gasteiger partial charge in [0.2, 0.25) is 5.91 Å². The van der Waals surface area contributed by atoms with Gasteiger partial charge in [-0.15, -0.1) is 0 Å². The van der Waals surface area contributed by atoms with Crippen molar-refractivity contribution in [3.63, 3.8) is 0 Å². The van der Waals surface area contributed by atoms with E-state index in [1.54, 1.807) is 36.7 Å². The van der Waals surface area contributed by atoms with Crippen molar-refractivity contribution in [3.05, 3.63) is 101 Å². The number of amides is 1. The zero-order valence-electron chi connectivity index (χ0n) is 18.1. The predicted octanol–water partition coefficient (Wildman–Crippen LogP) is 3.64. The highest BCUT2D eigenvalue weighted by molar-refractivity contribution is 6.06. The van der Waals surface area contributed by atoms with Crippen LogP contribution in [0.4, 0.5) is 5.69 Å². The van der Waals surface area contributed by atoms with E-state index in [1.807, 2.05) is 60.4 Å². The standard InChI is InChI=1S/C27H22N4O2/c1-17-8-10-19(11-9-17)25(32)24-23(20-6-4-14-30-15-20)27(16-28,26(29)33)22-13-12-18-5-2-3-7-21(18)31(22)24/h2-15,22-24H,1H3,(H2,29,33)/t22-,23-,24-,27+/m0/s1. The lowest BCUT2D eigenvalue weighted by atomic mass is 9.68. The van der Waals surface area contributed by atoms with Crippen LogP contribution in [0.25, 0.3) is 6.08 Å². The van der Waals surface area contributed by atoms with Crippen LogP contribution in [-0.4, -0.2) is 28.8 Å². The van der Waals surface area contributed by atoms with Crippen LogP contribution >= 0.6 is 0 Å². The van der Waals surface area contributed by atoms with Gasteiger partial charge in [-0.2, -0.15) is 5.26 Å². The van der Waals surface area contributed by atoms with Crippen LogP contribution in [0.15, 0.2) is 79.1 Å². The Bertz CT molecular complexity index is 1310. The number of carbonyl (C=O) groups excluding carboxylic acids is 2. The van der Waals surface area contributed by atoms with Crippen molar-refractivity contribution < 1.29 is 9.59 Å². The monoisotopic (exact) mass is 434 g/mol. The highest BCUT2D eigenvalue weighted by atomic mass is 16.1. The number of fused-ring (bicyclic) bond motifs is 3. The molecule has 0 saturated carbocycles. The van der Waals surface area contributed by atoms with Crippen LogP contribution < -0.4 is 10.6 Å². The molecule has 6 heteroatoms. The second-order valence-corrected chi connectivity index (χ2v) is 8.55. The fourth-order valence-electron chi connectivity index (χ4n) is 5.25. The van der Waals surface area contributed by atoms with Crippen molar-refractivity contribution in [1.29, 1.82) is 5.26 Å². The molecule has 2 aromatic carbocycles. The molecule has 2 aliphatic rings. The summed E-state index contributed by atoms with van der Waals surface area (Å²) in [6, 6.07) is 19.3. The Kier molecular flexibility index (Phi) is 4.83. The molecule has 5 rings (SSSR count). The van der Waals surface area contributed by atoms with Gasteiger partial charge < -0.3 is 10.6 Å². The van der Waals surface area contributed by atoms with Crippen molar-refractivity contribution in [2.45, 2.75) is 24.9 Å². The first-order valence-electron chi connectivity index (χ1n) is 10.8. The van der Waals surface area contributed by atoms with Crippen molar-refractivity contribution in [1.82, 2.24) is 4.98 Å². The molecule has 0 bridgehead atoms. The Morgan fingerprint density at radius 2 is 1.85 bits per heavy atom. The van der Waals surface area contributed by atoms with Gasteiger partial charge in [-0.05, 0) is 30.2 Å². The number of nitrogens with two attached hydrogens (primary N) is 1. The normalized spacial score (nSPS) is 25.1. The summed E-state index contributed by atoms with van der Waals surface area (Å²) >= 11 is 0. The van der Waals surface area contributed by atoms with Crippen LogP contribution in [0.2, 0.25) is 0 Å². The Morgan fingerprint density at radius 1 is 1.09 bits per heavy atom. The summed E-state index contributed by atoms with van der Waals surface area (Å²) in [5, 5.41) is 10.5. The number of Topliss-reactive ketones (excluding diaryl/α,β-unsaturated/α-hetero) is 1. The van der Waals surface area contributed by atoms with Gasteiger partial charge in [0, 0.05) is 29.6 Å². The summed E-state index contributed by atoms with van der Waals surface area (Å²) < 4.78 is 0. The Balaban J connectivity index is 1.80. The smallest absolute Gasteiger partial charge is 0.241 e. The summed E-state index contributed by atoms with van der Waals surface area (Å²) in [5.41, 5.74) is 8.20. The van der Waals surface area contributed by atoms with Crippen molar-refractivity contribution >= 4 is 23.5 Å². The predicted molar refractivity (Wildman–Crippen MR) is 125 cm³/mol. The van der Waals surface area contributed by atoms with E-state index in [2.05, 4.69) is 11.1 Å². The van der Waals surface area contributed by atoms with E-state index in [0.717, 1.165) is 16.8 Å². The molecule has 1 saturated heterocycles. The molecule has 162 valence electrons. The summed E-state index contributed by atoms with van der Waals surface area (Å²) in [6.45, 7) is 1.96. The summed E-state index contributed by atoms with van der Waals surface area (Å²) in [7, 11) is 0. The quantitative estimate of drug-likeness (QED) is 0.632. The minimum atomic E-state index is -1.65. The molecule has 0 unspecified atom stereocenters. The van der Waals surface area contributed by atoms with E-state index in [4.69, 9.17) is 5.73 Å². The number of carbonyl (C=O) groups is 2. The third kappa shape index (κ3) is 2.97. The van der Waals surface area contributed by atoms with E-state index >= 15 is 0 Å². The van der Waals surface area contributed by atoms with Crippen LogP contribution in [0.1, 0.15) is 33.0 Å². The van der Waals surface area contributed by atoms with Crippen LogP contribution in [-0.2, 0) is 4.79 Å². The van der Waals surface area contributed by atoms with Gasteiger partial charge >= 0.3 is 0 Å². The van der Waals surface area contributed by atoms with Gasteiger partial charge in [0.15, 0.2) is 11.2 Å². The summed E-state index contributed by atoms with van der Waals surface area (Å²) in [6.07, 6.45) is 6.95. The second-order valence-electron chi connectivity index (χ2n) is 8.55. The van der Waals surface area contributed by atoms with Crippen molar-refractivity contribution in [3.8, 4) is 6.07 Å². The molecule has 4 atom stereocenters. The molecule has 3 aromatic rings. The van der Waals surface area contributed by atoms with E-state index in [0.29, 0.717) is 11.1 Å². The zero-order valence-corrected chi connectivity index (χ0v) is 18.1. The number of para-hydroxylation sites is 1. The number of pyridine rings is 1. The minimum Gasteiger partial charge on any atom is -0.368 e. The molecule has 3 heterocycles. The molecular weight excluding hydrogens is 412 g/mol. The average Bonchev–Trinajstić information content (AvgIpc) is 3.16. The number of hydrogen-bond donors (Lipinski definition) is 1. The fourth-order valence-corrected chi connectivity index (χ4v) is 5.25. The number of hydrogen-bond acceptors (Lipinski definition) is 5. The number of rotatable bonds is 4. The van der Waals surface area contributed by atoms with Gasteiger partial charge in [-0.3, -0.25) is 14.6 Å². The lowest BCUT2D eigenvalue weighted by Crippen LogP contribution is -2.49. The Labute approximate surface area is 192 Å². The van der Waals surface area contributed by atoms with Crippen LogP contribution in [0, 0.1) is 23.7 Å². The second kappa shape index (κ2) is 7.72. The maximum atomic E-state index is 14.1. The summed E-state index contributed by atoms with van der Waals surface area (Å²) in [4.78, 5) is 33.3. The first kappa shape index (κ1) is 20.7. The van der Waals surface area contributed by atoms with Gasteiger partial charge in [0.1, 0.15) is 6.04 Å². The highest BCUT2D eigenvalue weighted by Gasteiger charge is 2.65. The van der Waals surface area contributed by atoms with Gasteiger partial charge in [0.25, 0.3) is 0 Å². The molecule has 6 nitrogen and oxygen atoms in total. The van der Waals surface area contributed by atoms with Crippen LogP contribution in [0.3, 0.4) is 0 Å². The molecule has 33 heavy (non-hydrogen) atoms.